The highest BCUT2D eigenvalue weighted by atomic mass is 19.1. The summed E-state index contributed by atoms with van der Waals surface area (Å²) in [7, 11) is 1.42. The van der Waals surface area contributed by atoms with Gasteiger partial charge in [-0.15, -0.1) is 0 Å². The Labute approximate surface area is 82.2 Å². The SMILES string of the molecule is COc1cc(C=CCC#N)ccc1F. The first-order valence-electron chi connectivity index (χ1n) is 4.15. The molecule has 0 bridgehead atoms. The second-order valence-electron chi connectivity index (χ2n) is 2.66. The minimum absolute atomic E-state index is 0.212. The van der Waals surface area contributed by atoms with Crippen molar-refractivity contribution in [1.29, 1.82) is 5.26 Å². The maximum atomic E-state index is 13.0. The summed E-state index contributed by atoms with van der Waals surface area (Å²) in [6.07, 6.45) is 3.82. The van der Waals surface area contributed by atoms with Gasteiger partial charge in [0.05, 0.1) is 19.6 Å². The van der Waals surface area contributed by atoms with Crippen LogP contribution in [0.25, 0.3) is 6.08 Å². The number of benzene rings is 1. The number of hydrogen-bond acceptors (Lipinski definition) is 2. The molecule has 1 rings (SSSR count). The van der Waals surface area contributed by atoms with Gasteiger partial charge in [-0.2, -0.15) is 5.26 Å². The summed E-state index contributed by atoms with van der Waals surface area (Å²) < 4.78 is 17.8. The van der Waals surface area contributed by atoms with Gasteiger partial charge in [0.2, 0.25) is 0 Å². The zero-order valence-corrected chi connectivity index (χ0v) is 7.83. The number of nitriles is 1. The van der Waals surface area contributed by atoms with Gasteiger partial charge in [-0.3, -0.25) is 0 Å². The average molecular weight is 191 g/mol. The van der Waals surface area contributed by atoms with Crippen molar-refractivity contribution in [3.63, 3.8) is 0 Å². The van der Waals surface area contributed by atoms with Crippen LogP contribution >= 0.6 is 0 Å². The molecule has 0 aliphatic carbocycles. The molecule has 0 saturated heterocycles. The molecule has 0 aliphatic heterocycles. The van der Waals surface area contributed by atoms with Crippen LogP contribution in [-0.4, -0.2) is 7.11 Å². The van der Waals surface area contributed by atoms with Crippen LogP contribution in [0.3, 0.4) is 0 Å². The van der Waals surface area contributed by atoms with Gasteiger partial charge in [0.1, 0.15) is 0 Å². The van der Waals surface area contributed by atoms with Crippen molar-refractivity contribution in [3.8, 4) is 11.8 Å². The van der Waals surface area contributed by atoms with Crippen molar-refractivity contribution in [2.45, 2.75) is 6.42 Å². The summed E-state index contributed by atoms with van der Waals surface area (Å²) in [5.74, 6) is -0.172. The van der Waals surface area contributed by atoms with Gasteiger partial charge in [0, 0.05) is 0 Å². The van der Waals surface area contributed by atoms with E-state index >= 15 is 0 Å². The number of nitrogens with zero attached hydrogens (tertiary/aromatic N) is 1. The molecule has 14 heavy (non-hydrogen) atoms. The van der Waals surface area contributed by atoms with Crippen LogP contribution in [-0.2, 0) is 0 Å². The molecule has 0 amide bonds. The number of hydrogen-bond donors (Lipinski definition) is 0. The van der Waals surface area contributed by atoms with E-state index in [0.717, 1.165) is 5.56 Å². The Hall–Kier alpha value is -1.82. The molecule has 0 radical (unpaired) electrons. The Morgan fingerprint density at radius 3 is 3.00 bits per heavy atom. The zero-order valence-electron chi connectivity index (χ0n) is 7.83. The Balaban J connectivity index is 2.85. The van der Waals surface area contributed by atoms with E-state index < -0.39 is 0 Å². The fraction of sp³-hybridized carbons (Fsp3) is 0.182. The Morgan fingerprint density at radius 1 is 1.57 bits per heavy atom. The van der Waals surface area contributed by atoms with E-state index in [0.29, 0.717) is 6.42 Å². The highest BCUT2D eigenvalue weighted by Gasteiger charge is 2.00. The van der Waals surface area contributed by atoms with Crippen molar-refractivity contribution in [2.75, 3.05) is 7.11 Å². The Kier molecular flexibility index (Phi) is 3.69. The maximum Gasteiger partial charge on any atom is 0.165 e. The standard InChI is InChI=1S/C11H10FNO/c1-14-11-8-9(4-2-3-7-13)5-6-10(11)12/h2,4-6,8H,3H2,1H3. The number of allylic oxidation sites excluding steroid dienone is 1. The quantitative estimate of drug-likeness (QED) is 0.735. The van der Waals surface area contributed by atoms with Gasteiger partial charge < -0.3 is 4.74 Å². The number of halogens is 1. The van der Waals surface area contributed by atoms with Gasteiger partial charge in [-0.1, -0.05) is 18.2 Å². The van der Waals surface area contributed by atoms with Crippen LogP contribution in [0.15, 0.2) is 24.3 Å². The molecule has 0 aromatic heterocycles. The molecule has 0 saturated carbocycles. The molecule has 72 valence electrons. The van der Waals surface area contributed by atoms with Crippen molar-refractivity contribution in [3.05, 3.63) is 35.7 Å². The van der Waals surface area contributed by atoms with Gasteiger partial charge >= 0.3 is 0 Å². The lowest BCUT2D eigenvalue weighted by atomic mass is 10.2. The van der Waals surface area contributed by atoms with Crippen molar-refractivity contribution >= 4 is 6.08 Å². The van der Waals surface area contributed by atoms with E-state index in [4.69, 9.17) is 10.00 Å². The highest BCUT2D eigenvalue weighted by molar-refractivity contribution is 5.52. The molecule has 2 nitrogen and oxygen atoms in total. The maximum absolute atomic E-state index is 13.0. The van der Waals surface area contributed by atoms with E-state index in [1.807, 2.05) is 6.07 Å². The second kappa shape index (κ2) is 5.03. The molecule has 0 N–H and O–H groups in total. The molecule has 1 aromatic rings. The van der Waals surface area contributed by atoms with Gasteiger partial charge in [0.25, 0.3) is 0 Å². The number of methoxy groups -OCH3 is 1. The normalized spacial score (nSPS) is 10.1. The molecular formula is C11H10FNO. The molecule has 0 spiro atoms. The minimum Gasteiger partial charge on any atom is -0.494 e. The highest BCUT2D eigenvalue weighted by Crippen LogP contribution is 2.18. The van der Waals surface area contributed by atoms with E-state index in [2.05, 4.69) is 0 Å². The summed E-state index contributed by atoms with van der Waals surface area (Å²) in [5.41, 5.74) is 0.818. The predicted molar refractivity (Wildman–Crippen MR) is 52.2 cm³/mol. The van der Waals surface area contributed by atoms with Crippen molar-refractivity contribution < 1.29 is 9.13 Å². The molecule has 1 aromatic carbocycles. The van der Waals surface area contributed by atoms with Crippen LogP contribution in [0, 0.1) is 17.1 Å². The lowest BCUT2D eigenvalue weighted by Crippen LogP contribution is -1.87. The molecule has 0 heterocycles. The fourth-order valence-electron chi connectivity index (χ4n) is 1.03. The lowest BCUT2D eigenvalue weighted by Gasteiger charge is -2.01. The fourth-order valence-corrected chi connectivity index (χ4v) is 1.03. The zero-order chi connectivity index (χ0) is 10.4. The summed E-state index contributed by atoms with van der Waals surface area (Å²) in [6.45, 7) is 0. The van der Waals surface area contributed by atoms with Crippen LogP contribution < -0.4 is 4.74 Å². The van der Waals surface area contributed by atoms with Gasteiger partial charge in [-0.25, -0.2) is 4.39 Å². The first-order valence-corrected chi connectivity index (χ1v) is 4.15. The Bertz CT molecular complexity index is 379. The number of ether oxygens (including phenoxy) is 1. The molecule has 0 unspecified atom stereocenters. The third kappa shape index (κ3) is 2.60. The van der Waals surface area contributed by atoms with E-state index in [9.17, 15) is 4.39 Å². The summed E-state index contributed by atoms with van der Waals surface area (Å²) in [4.78, 5) is 0. The molecular weight excluding hydrogens is 181 g/mol. The van der Waals surface area contributed by atoms with E-state index in [-0.39, 0.29) is 11.6 Å². The van der Waals surface area contributed by atoms with Crippen molar-refractivity contribution in [2.24, 2.45) is 0 Å². The largest absolute Gasteiger partial charge is 0.494 e. The molecule has 0 fully saturated rings. The Morgan fingerprint density at radius 2 is 2.36 bits per heavy atom. The summed E-state index contributed by atoms with van der Waals surface area (Å²) in [6, 6.07) is 6.54. The molecule has 0 atom stereocenters. The van der Waals surface area contributed by atoms with Crippen molar-refractivity contribution in [1.82, 2.24) is 0 Å². The smallest absolute Gasteiger partial charge is 0.165 e. The monoisotopic (exact) mass is 191 g/mol. The average Bonchev–Trinajstić information content (AvgIpc) is 2.21. The van der Waals surface area contributed by atoms with Gasteiger partial charge in [-0.05, 0) is 17.7 Å². The molecule has 0 aliphatic rings. The summed E-state index contributed by atoms with van der Waals surface area (Å²) in [5, 5.41) is 8.30. The van der Waals surface area contributed by atoms with Crippen LogP contribution in [0.1, 0.15) is 12.0 Å². The first-order chi connectivity index (χ1) is 6.77. The third-order valence-corrected chi connectivity index (χ3v) is 1.69. The minimum atomic E-state index is -0.384. The van der Waals surface area contributed by atoms with E-state index in [1.54, 1.807) is 24.3 Å². The lowest BCUT2D eigenvalue weighted by molar-refractivity contribution is 0.386. The number of rotatable bonds is 3. The third-order valence-electron chi connectivity index (χ3n) is 1.69. The second-order valence-corrected chi connectivity index (χ2v) is 2.66. The predicted octanol–water partition coefficient (Wildman–Crippen LogP) is 2.76. The van der Waals surface area contributed by atoms with Crippen LogP contribution in [0.4, 0.5) is 4.39 Å². The van der Waals surface area contributed by atoms with E-state index in [1.165, 1.54) is 13.2 Å². The summed E-state index contributed by atoms with van der Waals surface area (Å²) >= 11 is 0. The van der Waals surface area contributed by atoms with Crippen LogP contribution in [0.5, 0.6) is 5.75 Å². The van der Waals surface area contributed by atoms with Crippen LogP contribution in [0.2, 0.25) is 0 Å². The first kappa shape index (κ1) is 10.3. The molecule has 3 heteroatoms. The van der Waals surface area contributed by atoms with Gasteiger partial charge in [0.15, 0.2) is 11.6 Å². The topological polar surface area (TPSA) is 33.0 Å².